The first-order valence-corrected chi connectivity index (χ1v) is 6.41. The summed E-state index contributed by atoms with van der Waals surface area (Å²) in [5.41, 5.74) is 4.82. The van der Waals surface area contributed by atoms with Crippen LogP contribution in [0.3, 0.4) is 0 Å². The van der Waals surface area contributed by atoms with Crippen molar-refractivity contribution in [3.63, 3.8) is 0 Å². The van der Waals surface area contributed by atoms with Crippen molar-refractivity contribution < 1.29 is 0 Å². The summed E-state index contributed by atoms with van der Waals surface area (Å²) in [7, 11) is 0. The highest BCUT2D eigenvalue weighted by Crippen LogP contribution is 2.16. The molecule has 0 saturated carbocycles. The number of anilines is 1. The zero-order chi connectivity index (χ0) is 13.0. The van der Waals surface area contributed by atoms with Crippen molar-refractivity contribution >= 4 is 5.69 Å². The molecule has 0 radical (unpaired) electrons. The van der Waals surface area contributed by atoms with E-state index in [0.29, 0.717) is 5.92 Å². The number of pyridine rings is 1. The highest BCUT2D eigenvalue weighted by Gasteiger charge is 2.00. The summed E-state index contributed by atoms with van der Waals surface area (Å²) >= 11 is 0. The number of nitrogens with one attached hydrogen (secondary N) is 1. The van der Waals surface area contributed by atoms with E-state index in [2.05, 4.69) is 54.5 Å². The average Bonchev–Trinajstić information content (AvgIpc) is 2.38. The van der Waals surface area contributed by atoms with Crippen molar-refractivity contribution in [1.29, 1.82) is 0 Å². The second kappa shape index (κ2) is 5.67. The molecule has 1 aromatic heterocycles. The van der Waals surface area contributed by atoms with Crippen molar-refractivity contribution in [3.8, 4) is 0 Å². The van der Waals surface area contributed by atoms with Gasteiger partial charge in [-0.15, -0.1) is 0 Å². The fraction of sp³-hybridized carbons (Fsp3) is 0.312. The quantitative estimate of drug-likeness (QED) is 0.869. The van der Waals surface area contributed by atoms with E-state index in [1.165, 1.54) is 11.1 Å². The molecule has 0 aliphatic rings. The fourth-order valence-corrected chi connectivity index (χ4v) is 1.89. The Bertz CT molecular complexity index is 501. The van der Waals surface area contributed by atoms with Crippen LogP contribution in [0.5, 0.6) is 0 Å². The van der Waals surface area contributed by atoms with Gasteiger partial charge in [0.2, 0.25) is 0 Å². The summed E-state index contributed by atoms with van der Waals surface area (Å²) in [6.07, 6.45) is 1.82. The van der Waals surface area contributed by atoms with Gasteiger partial charge in [0.25, 0.3) is 0 Å². The van der Waals surface area contributed by atoms with Gasteiger partial charge < -0.3 is 5.32 Å². The lowest BCUT2D eigenvalue weighted by Crippen LogP contribution is -2.02. The van der Waals surface area contributed by atoms with Gasteiger partial charge >= 0.3 is 0 Å². The van der Waals surface area contributed by atoms with E-state index in [1.807, 2.05) is 19.2 Å². The number of benzene rings is 1. The topological polar surface area (TPSA) is 24.9 Å². The number of aromatic nitrogens is 1. The third-order valence-electron chi connectivity index (χ3n) is 3.14. The largest absolute Gasteiger partial charge is 0.380 e. The molecule has 2 nitrogen and oxygen atoms in total. The fourth-order valence-electron chi connectivity index (χ4n) is 1.89. The zero-order valence-electron chi connectivity index (χ0n) is 11.3. The van der Waals surface area contributed by atoms with Crippen LogP contribution in [-0.2, 0) is 6.54 Å². The molecule has 0 atom stereocenters. The zero-order valence-corrected chi connectivity index (χ0v) is 11.3. The van der Waals surface area contributed by atoms with Crippen molar-refractivity contribution in [2.24, 2.45) is 0 Å². The van der Waals surface area contributed by atoms with Gasteiger partial charge in [0, 0.05) is 12.7 Å². The van der Waals surface area contributed by atoms with E-state index in [4.69, 9.17) is 0 Å². The molecule has 1 N–H and O–H groups in total. The second-order valence-corrected chi connectivity index (χ2v) is 4.89. The summed E-state index contributed by atoms with van der Waals surface area (Å²) in [5, 5.41) is 3.42. The maximum absolute atomic E-state index is 4.27. The van der Waals surface area contributed by atoms with Crippen LogP contribution in [0.25, 0.3) is 0 Å². The molecular weight excluding hydrogens is 220 g/mol. The van der Waals surface area contributed by atoms with E-state index in [1.54, 1.807) is 0 Å². The highest BCUT2D eigenvalue weighted by atomic mass is 14.9. The van der Waals surface area contributed by atoms with Gasteiger partial charge in [0.1, 0.15) is 0 Å². The summed E-state index contributed by atoms with van der Waals surface area (Å²) in [5.74, 6) is 0.590. The molecule has 2 rings (SSSR count). The summed E-state index contributed by atoms with van der Waals surface area (Å²) < 4.78 is 0. The number of nitrogens with zero attached hydrogens (tertiary/aromatic N) is 1. The molecular formula is C16H20N2. The average molecular weight is 240 g/mol. The molecule has 0 amide bonds. The third-order valence-corrected chi connectivity index (χ3v) is 3.14. The Labute approximate surface area is 109 Å². The van der Waals surface area contributed by atoms with Gasteiger partial charge in [-0.1, -0.05) is 38.1 Å². The van der Waals surface area contributed by atoms with Crippen molar-refractivity contribution in [2.75, 3.05) is 5.32 Å². The molecule has 94 valence electrons. The predicted octanol–water partition coefficient (Wildman–Crippen LogP) is 4.13. The van der Waals surface area contributed by atoms with Gasteiger partial charge in [-0.05, 0) is 36.1 Å². The second-order valence-electron chi connectivity index (χ2n) is 4.89. The van der Waals surface area contributed by atoms with Crippen LogP contribution in [0.1, 0.15) is 36.6 Å². The highest BCUT2D eigenvalue weighted by molar-refractivity contribution is 5.47. The first-order chi connectivity index (χ1) is 8.66. The van der Waals surface area contributed by atoms with Crippen LogP contribution in [0.2, 0.25) is 0 Å². The molecule has 0 unspecified atom stereocenters. The molecule has 0 saturated heterocycles. The molecule has 0 spiro atoms. The van der Waals surface area contributed by atoms with Gasteiger partial charge in [-0.2, -0.15) is 0 Å². The minimum absolute atomic E-state index is 0.590. The first-order valence-electron chi connectivity index (χ1n) is 6.41. The summed E-state index contributed by atoms with van der Waals surface area (Å²) in [6.45, 7) is 7.29. The first kappa shape index (κ1) is 12.6. The normalized spacial score (nSPS) is 10.7. The smallest absolute Gasteiger partial charge is 0.0603 e. The lowest BCUT2D eigenvalue weighted by atomic mass is 10.0. The van der Waals surface area contributed by atoms with E-state index < -0.39 is 0 Å². The van der Waals surface area contributed by atoms with Crippen LogP contribution in [0, 0.1) is 6.92 Å². The molecule has 1 aromatic carbocycles. The molecule has 0 fully saturated rings. The van der Waals surface area contributed by atoms with Crippen LogP contribution in [0.4, 0.5) is 5.69 Å². The Morgan fingerprint density at radius 2 is 1.83 bits per heavy atom. The van der Waals surface area contributed by atoms with Crippen molar-refractivity contribution in [2.45, 2.75) is 33.2 Å². The Morgan fingerprint density at radius 3 is 2.44 bits per heavy atom. The van der Waals surface area contributed by atoms with Gasteiger partial charge in [0.05, 0.1) is 11.4 Å². The monoisotopic (exact) mass is 240 g/mol. The van der Waals surface area contributed by atoms with Gasteiger partial charge in [-0.3, -0.25) is 4.98 Å². The number of hydrogen-bond acceptors (Lipinski definition) is 2. The molecule has 0 bridgehead atoms. The summed E-state index contributed by atoms with van der Waals surface area (Å²) in [4.78, 5) is 4.27. The Hall–Kier alpha value is -1.83. The molecule has 0 aliphatic carbocycles. The van der Waals surface area contributed by atoms with Crippen molar-refractivity contribution in [3.05, 3.63) is 59.4 Å². The third kappa shape index (κ3) is 3.10. The van der Waals surface area contributed by atoms with Gasteiger partial charge in [-0.25, -0.2) is 0 Å². The summed E-state index contributed by atoms with van der Waals surface area (Å²) in [6, 6.07) is 12.8. The Balaban J connectivity index is 2.00. The number of rotatable bonds is 4. The predicted molar refractivity (Wildman–Crippen MR) is 76.8 cm³/mol. The van der Waals surface area contributed by atoms with E-state index in [0.717, 1.165) is 17.9 Å². The minimum Gasteiger partial charge on any atom is -0.380 e. The van der Waals surface area contributed by atoms with E-state index >= 15 is 0 Å². The van der Waals surface area contributed by atoms with Crippen LogP contribution in [0.15, 0.2) is 42.6 Å². The SMILES string of the molecule is Cc1ncccc1NCc1ccc(C(C)C)cc1. The van der Waals surface area contributed by atoms with E-state index in [9.17, 15) is 0 Å². The minimum atomic E-state index is 0.590. The number of hydrogen-bond donors (Lipinski definition) is 1. The van der Waals surface area contributed by atoms with Gasteiger partial charge in [0.15, 0.2) is 0 Å². The van der Waals surface area contributed by atoms with Crippen molar-refractivity contribution in [1.82, 2.24) is 4.98 Å². The number of aryl methyl sites for hydroxylation is 1. The lowest BCUT2D eigenvalue weighted by molar-refractivity contribution is 0.865. The molecule has 2 heteroatoms. The Kier molecular flexibility index (Phi) is 3.98. The molecule has 0 aliphatic heterocycles. The maximum Gasteiger partial charge on any atom is 0.0603 e. The lowest BCUT2D eigenvalue weighted by Gasteiger charge is -2.10. The van der Waals surface area contributed by atoms with E-state index in [-0.39, 0.29) is 0 Å². The maximum atomic E-state index is 4.27. The van der Waals surface area contributed by atoms with Crippen LogP contribution >= 0.6 is 0 Å². The van der Waals surface area contributed by atoms with Crippen LogP contribution in [-0.4, -0.2) is 4.98 Å². The standard InChI is InChI=1S/C16H20N2/c1-12(2)15-8-6-14(7-9-15)11-18-16-5-4-10-17-13(16)3/h4-10,12,18H,11H2,1-3H3. The van der Waals surface area contributed by atoms with Crippen LogP contribution < -0.4 is 5.32 Å². The molecule has 1 heterocycles. The molecule has 18 heavy (non-hydrogen) atoms. The molecule has 2 aromatic rings. The Morgan fingerprint density at radius 1 is 1.11 bits per heavy atom.